The molecule has 2 heterocycles. The van der Waals surface area contributed by atoms with E-state index < -0.39 is 30.7 Å². The van der Waals surface area contributed by atoms with E-state index in [4.69, 9.17) is 11.6 Å². The highest BCUT2D eigenvalue weighted by atomic mass is 35.5. The number of nitrogens with zero attached hydrogens (tertiary/aromatic N) is 5. The number of hydrogen-bond acceptors (Lipinski definition) is 12. The SMILES string of the molecule is CS(=O)(=O)NCCCC[C@H](CSc1ccccc1)Nc1ccc(S(=O)(=O)Nc2ncnc3cc(N4CCN(Cc5cc(Cl)ccc5-c5ccccc5)CC4)ccc23)cc1[N+](=O)[O-]. The van der Waals surface area contributed by atoms with Crippen molar-refractivity contribution in [3.8, 4) is 11.1 Å². The monoisotopic (exact) mass is 914 g/mol. The molecule has 1 fully saturated rings. The molecule has 0 radical (unpaired) electrons. The Morgan fingerprint density at radius 2 is 1.60 bits per heavy atom. The zero-order valence-corrected chi connectivity index (χ0v) is 37.2. The highest BCUT2D eigenvalue weighted by molar-refractivity contribution is 7.99. The van der Waals surface area contributed by atoms with Gasteiger partial charge in [-0.15, -0.1) is 11.8 Å². The Bertz CT molecular complexity index is 2730. The number of fused-ring (bicyclic) bond motifs is 1. The summed E-state index contributed by atoms with van der Waals surface area (Å²) in [7, 11) is -7.65. The number of thioether (sulfide) groups is 1. The molecule has 7 rings (SSSR count). The minimum absolute atomic E-state index is 0.0512. The standard InChI is InChI=1S/C44H47ClN8O6S3/c1-61(56,57)48-21-9-8-12-35(30-60-37-13-6-3-7-14-37)49-41-20-17-38(28-43(41)53(54)55)62(58,59)50-44-40-19-16-36(27-42(40)46-31-47-44)52-24-22-51(23-25-52)29-33-26-34(45)15-18-39(33)32-10-4-2-5-11-32/h2-7,10-11,13-20,26-28,31,35,48-49H,8-9,12,21-25,29-30H2,1H3,(H,46,47,50)/t35-/m1/s1. The number of unbranched alkanes of at least 4 members (excludes halogenated alkanes) is 1. The summed E-state index contributed by atoms with van der Waals surface area (Å²) < 4.78 is 55.6. The number of piperazine rings is 1. The van der Waals surface area contributed by atoms with Crippen molar-refractivity contribution in [2.75, 3.05) is 59.7 Å². The van der Waals surface area contributed by atoms with Crippen LogP contribution in [0.2, 0.25) is 5.02 Å². The first-order valence-electron chi connectivity index (χ1n) is 20.1. The normalized spacial score (nSPS) is 14.1. The van der Waals surface area contributed by atoms with Gasteiger partial charge in [-0.05, 0) is 84.1 Å². The fraction of sp³-hybridized carbons (Fsp3) is 0.273. The van der Waals surface area contributed by atoms with Crippen LogP contribution in [-0.2, 0) is 26.6 Å². The van der Waals surface area contributed by atoms with Crippen LogP contribution in [0.15, 0.2) is 131 Å². The van der Waals surface area contributed by atoms with Crippen LogP contribution < -0.4 is 19.7 Å². The number of hydrogen-bond donors (Lipinski definition) is 3. The molecule has 0 bridgehead atoms. The lowest BCUT2D eigenvalue weighted by molar-refractivity contribution is -0.384. The third-order valence-electron chi connectivity index (χ3n) is 10.5. The molecule has 1 saturated heterocycles. The van der Waals surface area contributed by atoms with E-state index in [1.54, 1.807) is 17.8 Å². The Morgan fingerprint density at radius 3 is 2.32 bits per heavy atom. The van der Waals surface area contributed by atoms with Gasteiger partial charge in [-0.3, -0.25) is 19.7 Å². The molecule has 5 aromatic carbocycles. The maximum Gasteiger partial charge on any atom is 0.293 e. The first-order chi connectivity index (χ1) is 29.8. The van der Waals surface area contributed by atoms with Gasteiger partial charge in [0.15, 0.2) is 5.82 Å². The number of rotatable bonds is 19. The number of nitro benzene ring substituents is 1. The van der Waals surface area contributed by atoms with Crippen molar-refractivity contribution in [3.05, 3.63) is 142 Å². The lowest BCUT2D eigenvalue weighted by atomic mass is 9.99. The Balaban J connectivity index is 1.02. The van der Waals surface area contributed by atoms with Crippen LogP contribution in [0.3, 0.4) is 0 Å². The summed E-state index contributed by atoms with van der Waals surface area (Å²) in [5.41, 5.74) is 4.74. The van der Waals surface area contributed by atoms with E-state index in [-0.39, 0.29) is 29.0 Å². The van der Waals surface area contributed by atoms with Gasteiger partial charge >= 0.3 is 0 Å². The highest BCUT2D eigenvalue weighted by Gasteiger charge is 2.25. The average Bonchev–Trinajstić information content (AvgIpc) is 3.25. The number of anilines is 3. The maximum absolute atomic E-state index is 13.8. The van der Waals surface area contributed by atoms with Crippen molar-refractivity contribution < 1.29 is 21.8 Å². The third-order valence-corrected chi connectivity index (χ3v) is 14.0. The molecular weight excluding hydrogens is 868 g/mol. The Morgan fingerprint density at radius 1 is 0.855 bits per heavy atom. The summed E-state index contributed by atoms with van der Waals surface area (Å²) in [6.07, 6.45) is 4.20. The predicted octanol–water partition coefficient (Wildman–Crippen LogP) is 8.27. The summed E-state index contributed by atoms with van der Waals surface area (Å²) in [5.74, 6) is 0.608. The van der Waals surface area contributed by atoms with Crippen LogP contribution >= 0.6 is 23.4 Å². The van der Waals surface area contributed by atoms with Crippen molar-refractivity contribution >= 4 is 77.2 Å². The average molecular weight is 916 g/mol. The van der Waals surface area contributed by atoms with Crippen LogP contribution in [0.1, 0.15) is 24.8 Å². The van der Waals surface area contributed by atoms with Gasteiger partial charge in [0.05, 0.1) is 21.6 Å². The number of nitrogens with one attached hydrogen (secondary N) is 3. The Hall–Kier alpha value is -5.30. The molecule has 0 amide bonds. The topological polar surface area (TPSA) is 180 Å². The minimum Gasteiger partial charge on any atom is -0.376 e. The second-order valence-electron chi connectivity index (χ2n) is 15.0. The quantitative estimate of drug-likeness (QED) is 0.0307. The molecule has 0 spiro atoms. The molecule has 14 nitrogen and oxygen atoms in total. The number of benzene rings is 5. The highest BCUT2D eigenvalue weighted by Crippen LogP contribution is 2.33. The van der Waals surface area contributed by atoms with E-state index in [1.807, 2.05) is 72.8 Å². The van der Waals surface area contributed by atoms with E-state index in [9.17, 15) is 26.9 Å². The first kappa shape index (κ1) is 44.7. The van der Waals surface area contributed by atoms with Crippen molar-refractivity contribution in [1.29, 1.82) is 0 Å². The van der Waals surface area contributed by atoms with Crippen LogP contribution in [0.4, 0.5) is 22.9 Å². The molecule has 62 heavy (non-hydrogen) atoms. The number of nitro groups is 1. The van der Waals surface area contributed by atoms with E-state index in [1.165, 1.54) is 24.0 Å². The summed E-state index contributed by atoms with van der Waals surface area (Å²) in [6, 6.07) is 35.2. The van der Waals surface area contributed by atoms with Gasteiger partial charge in [-0.2, -0.15) is 0 Å². The van der Waals surface area contributed by atoms with Gasteiger partial charge < -0.3 is 10.2 Å². The van der Waals surface area contributed by atoms with Crippen LogP contribution in [0.25, 0.3) is 22.0 Å². The summed E-state index contributed by atoms with van der Waals surface area (Å²) >= 11 is 8.00. The van der Waals surface area contributed by atoms with Crippen molar-refractivity contribution in [3.63, 3.8) is 0 Å². The number of aromatic nitrogens is 2. The smallest absolute Gasteiger partial charge is 0.293 e. The number of halogens is 1. The van der Waals surface area contributed by atoms with Crippen molar-refractivity contribution in [2.24, 2.45) is 0 Å². The van der Waals surface area contributed by atoms with Gasteiger partial charge in [-0.1, -0.05) is 72.6 Å². The molecule has 0 saturated carbocycles. The molecule has 3 N–H and O–H groups in total. The largest absolute Gasteiger partial charge is 0.376 e. The van der Waals surface area contributed by atoms with E-state index in [0.717, 1.165) is 66.8 Å². The molecule has 324 valence electrons. The molecule has 6 aromatic rings. The number of sulfonamides is 2. The Kier molecular flexibility index (Phi) is 14.6. The van der Waals surface area contributed by atoms with Gasteiger partial charge in [0.2, 0.25) is 10.0 Å². The maximum atomic E-state index is 13.8. The summed E-state index contributed by atoms with van der Waals surface area (Å²) in [6.45, 7) is 4.24. The summed E-state index contributed by atoms with van der Waals surface area (Å²) in [4.78, 5) is 25.9. The Labute approximate surface area is 371 Å². The van der Waals surface area contributed by atoms with Gasteiger partial charge in [-0.25, -0.2) is 31.5 Å². The molecule has 0 aliphatic carbocycles. The second kappa shape index (κ2) is 20.3. The van der Waals surface area contributed by atoms with E-state index in [2.05, 4.69) is 52.7 Å². The molecule has 1 aliphatic rings. The molecular formula is C44H47ClN8O6S3. The van der Waals surface area contributed by atoms with Crippen LogP contribution in [-0.4, -0.2) is 87.4 Å². The van der Waals surface area contributed by atoms with Crippen LogP contribution in [0, 0.1) is 10.1 Å². The summed E-state index contributed by atoms with van der Waals surface area (Å²) in [5, 5.41) is 16.8. The van der Waals surface area contributed by atoms with E-state index in [0.29, 0.717) is 40.9 Å². The molecule has 0 unspecified atom stereocenters. The van der Waals surface area contributed by atoms with Gasteiger partial charge in [0, 0.05) is 78.1 Å². The first-order valence-corrected chi connectivity index (χ1v) is 24.8. The second-order valence-corrected chi connectivity index (χ2v) is 20.1. The fourth-order valence-corrected chi connectivity index (χ4v) is 10.1. The molecule has 18 heteroatoms. The third kappa shape index (κ3) is 12.0. The molecule has 1 aromatic heterocycles. The zero-order chi connectivity index (χ0) is 43.7. The predicted molar refractivity (Wildman–Crippen MR) is 249 cm³/mol. The molecule has 1 atom stereocenters. The van der Waals surface area contributed by atoms with E-state index >= 15 is 0 Å². The zero-order valence-electron chi connectivity index (χ0n) is 34.0. The van der Waals surface area contributed by atoms with Gasteiger partial charge in [0.25, 0.3) is 15.7 Å². The van der Waals surface area contributed by atoms with Crippen LogP contribution in [0.5, 0.6) is 0 Å². The van der Waals surface area contributed by atoms with Gasteiger partial charge in [0.1, 0.15) is 12.0 Å². The lowest BCUT2D eigenvalue weighted by Gasteiger charge is -2.36. The molecule has 1 aliphatic heterocycles. The van der Waals surface area contributed by atoms with Crippen molar-refractivity contribution in [1.82, 2.24) is 19.6 Å². The minimum atomic E-state index is -4.33. The fourth-order valence-electron chi connectivity index (χ4n) is 7.36. The lowest BCUT2D eigenvalue weighted by Crippen LogP contribution is -2.46. The van der Waals surface area contributed by atoms with Crippen molar-refractivity contribution in [2.45, 2.75) is 41.6 Å².